The molecular weight excluding hydrogens is 268 g/mol. The van der Waals surface area contributed by atoms with Gasteiger partial charge < -0.3 is 5.32 Å². The number of nitriles is 1. The number of amides is 1. The van der Waals surface area contributed by atoms with Gasteiger partial charge in [0.15, 0.2) is 4.75 Å². The van der Waals surface area contributed by atoms with E-state index in [4.69, 9.17) is 0 Å². The number of anilines is 1. The Bertz CT molecular complexity index is 693. The van der Waals surface area contributed by atoms with E-state index in [1.54, 1.807) is 0 Å². The second-order valence-corrected chi connectivity index (χ2v) is 5.99. The van der Waals surface area contributed by atoms with Crippen LogP contribution in [0.1, 0.15) is 5.56 Å². The van der Waals surface area contributed by atoms with Crippen molar-refractivity contribution in [1.29, 1.82) is 5.26 Å². The fourth-order valence-corrected chi connectivity index (χ4v) is 3.41. The van der Waals surface area contributed by atoms with Gasteiger partial charge in [0.25, 0.3) is 5.91 Å². The van der Waals surface area contributed by atoms with E-state index in [1.807, 2.05) is 54.6 Å². The maximum atomic E-state index is 12.4. The quantitative estimate of drug-likeness (QED) is 0.918. The number of nitrogens with zero attached hydrogens (tertiary/aromatic N) is 1. The van der Waals surface area contributed by atoms with Gasteiger partial charge in [0.05, 0.1) is 11.8 Å². The Labute approximate surface area is 121 Å². The van der Waals surface area contributed by atoms with Gasteiger partial charge in [-0.3, -0.25) is 4.79 Å². The summed E-state index contributed by atoms with van der Waals surface area (Å²) in [7, 11) is 0. The summed E-state index contributed by atoms with van der Waals surface area (Å²) in [5.74, 6) is -0.243. The number of hydrogen-bond donors (Lipinski definition) is 1. The van der Waals surface area contributed by atoms with E-state index in [0.717, 1.165) is 16.1 Å². The maximum Gasteiger partial charge on any atom is 0.255 e. The van der Waals surface area contributed by atoms with Crippen LogP contribution in [-0.2, 0) is 11.2 Å². The number of nitrogens with one attached hydrogen (secondary N) is 1. The van der Waals surface area contributed by atoms with Crippen LogP contribution in [-0.4, -0.2) is 10.7 Å². The molecule has 0 aliphatic carbocycles. The third-order valence-corrected chi connectivity index (χ3v) is 4.61. The molecule has 2 aromatic rings. The van der Waals surface area contributed by atoms with E-state index in [1.165, 1.54) is 11.8 Å². The van der Waals surface area contributed by atoms with Crippen LogP contribution < -0.4 is 5.32 Å². The third-order valence-electron chi connectivity index (χ3n) is 3.26. The monoisotopic (exact) mass is 280 g/mol. The normalized spacial score (nSPS) is 20.6. The van der Waals surface area contributed by atoms with Gasteiger partial charge in [-0.15, -0.1) is 0 Å². The van der Waals surface area contributed by atoms with Crippen LogP contribution in [0.4, 0.5) is 5.69 Å². The van der Waals surface area contributed by atoms with Crippen LogP contribution in [0.2, 0.25) is 0 Å². The molecule has 98 valence electrons. The summed E-state index contributed by atoms with van der Waals surface area (Å²) in [6, 6.07) is 19.4. The number of thioether (sulfide) groups is 1. The highest BCUT2D eigenvalue weighted by molar-refractivity contribution is 8.02. The largest absolute Gasteiger partial charge is 0.323 e. The number of rotatable bonds is 2. The molecule has 1 aliphatic heterocycles. The van der Waals surface area contributed by atoms with E-state index in [-0.39, 0.29) is 5.91 Å². The smallest absolute Gasteiger partial charge is 0.255 e. The summed E-state index contributed by atoms with van der Waals surface area (Å²) in [6.45, 7) is 0. The van der Waals surface area contributed by atoms with Gasteiger partial charge in [0, 0.05) is 11.3 Å². The molecule has 1 aliphatic rings. The summed E-state index contributed by atoms with van der Waals surface area (Å²) in [5, 5.41) is 12.4. The van der Waals surface area contributed by atoms with Gasteiger partial charge in [0.2, 0.25) is 0 Å². The van der Waals surface area contributed by atoms with Crippen molar-refractivity contribution in [2.75, 3.05) is 5.32 Å². The lowest BCUT2D eigenvalue weighted by molar-refractivity contribution is -0.117. The van der Waals surface area contributed by atoms with Crippen LogP contribution in [0.5, 0.6) is 0 Å². The SMILES string of the molecule is N#CC1(Cc2ccccc2)Sc2ccccc2NC1=O. The lowest BCUT2D eigenvalue weighted by Gasteiger charge is -2.30. The predicted molar refractivity (Wildman–Crippen MR) is 79.4 cm³/mol. The van der Waals surface area contributed by atoms with E-state index in [0.29, 0.717) is 6.42 Å². The minimum Gasteiger partial charge on any atom is -0.323 e. The van der Waals surface area contributed by atoms with E-state index in [9.17, 15) is 10.1 Å². The fraction of sp³-hybridized carbons (Fsp3) is 0.125. The Morgan fingerprint density at radius 2 is 1.80 bits per heavy atom. The minimum atomic E-state index is -1.10. The van der Waals surface area contributed by atoms with Crippen molar-refractivity contribution in [2.45, 2.75) is 16.1 Å². The molecule has 0 saturated heterocycles. The molecule has 1 heterocycles. The first-order chi connectivity index (χ1) is 9.73. The van der Waals surface area contributed by atoms with Crippen LogP contribution in [0.25, 0.3) is 0 Å². The molecule has 0 spiro atoms. The molecule has 1 atom stereocenters. The minimum absolute atomic E-state index is 0.243. The first kappa shape index (κ1) is 12.8. The zero-order chi connectivity index (χ0) is 14.0. The summed E-state index contributed by atoms with van der Waals surface area (Å²) >= 11 is 1.33. The molecule has 1 N–H and O–H groups in total. The molecule has 0 aromatic heterocycles. The number of hydrogen-bond acceptors (Lipinski definition) is 3. The molecule has 1 unspecified atom stereocenters. The molecule has 3 nitrogen and oxygen atoms in total. The van der Waals surface area contributed by atoms with Crippen LogP contribution in [0.15, 0.2) is 59.5 Å². The summed E-state index contributed by atoms with van der Waals surface area (Å²) in [6.07, 6.45) is 0.398. The summed E-state index contributed by atoms with van der Waals surface area (Å²) in [4.78, 5) is 13.3. The fourth-order valence-electron chi connectivity index (χ4n) is 2.23. The Kier molecular flexibility index (Phi) is 3.21. The highest BCUT2D eigenvalue weighted by Gasteiger charge is 2.43. The lowest BCUT2D eigenvalue weighted by Crippen LogP contribution is -2.43. The van der Waals surface area contributed by atoms with Crippen molar-refractivity contribution in [3.63, 3.8) is 0 Å². The van der Waals surface area contributed by atoms with Crippen LogP contribution >= 0.6 is 11.8 Å². The highest BCUT2D eigenvalue weighted by Crippen LogP contribution is 2.43. The van der Waals surface area contributed by atoms with Gasteiger partial charge in [-0.2, -0.15) is 5.26 Å². The molecule has 0 fully saturated rings. The molecule has 20 heavy (non-hydrogen) atoms. The topological polar surface area (TPSA) is 52.9 Å². The van der Waals surface area contributed by atoms with Crippen molar-refractivity contribution in [3.05, 3.63) is 60.2 Å². The van der Waals surface area contributed by atoms with Gasteiger partial charge in [-0.25, -0.2) is 0 Å². The van der Waals surface area contributed by atoms with Crippen molar-refractivity contribution in [1.82, 2.24) is 0 Å². The van der Waals surface area contributed by atoms with Gasteiger partial charge >= 0.3 is 0 Å². The van der Waals surface area contributed by atoms with Crippen LogP contribution in [0.3, 0.4) is 0 Å². The molecule has 0 radical (unpaired) electrons. The van der Waals surface area contributed by atoms with E-state index < -0.39 is 4.75 Å². The Balaban J connectivity index is 1.98. The second-order valence-electron chi connectivity index (χ2n) is 4.65. The number of para-hydroxylation sites is 1. The summed E-state index contributed by atoms with van der Waals surface area (Å²) in [5.41, 5.74) is 1.76. The first-order valence-electron chi connectivity index (χ1n) is 6.28. The molecule has 2 aromatic carbocycles. The molecular formula is C16H12N2OS. The zero-order valence-electron chi connectivity index (χ0n) is 10.7. The number of carbonyl (C=O) groups is 1. The van der Waals surface area contributed by atoms with Gasteiger partial charge in [-0.1, -0.05) is 54.2 Å². The van der Waals surface area contributed by atoms with Crippen molar-refractivity contribution in [2.24, 2.45) is 0 Å². The van der Waals surface area contributed by atoms with Gasteiger partial charge in [0.1, 0.15) is 0 Å². The van der Waals surface area contributed by atoms with Crippen molar-refractivity contribution in [3.8, 4) is 6.07 Å². The van der Waals surface area contributed by atoms with Gasteiger partial charge in [-0.05, 0) is 17.7 Å². The second kappa shape index (κ2) is 5.03. The van der Waals surface area contributed by atoms with E-state index >= 15 is 0 Å². The average molecular weight is 280 g/mol. The molecule has 4 heteroatoms. The average Bonchev–Trinajstić information content (AvgIpc) is 2.49. The molecule has 0 saturated carbocycles. The first-order valence-corrected chi connectivity index (χ1v) is 7.10. The highest BCUT2D eigenvalue weighted by atomic mass is 32.2. The zero-order valence-corrected chi connectivity index (χ0v) is 11.5. The lowest BCUT2D eigenvalue weighted by atomic mass is 9.98. The number of benzene rings is 2. The summed E-state index contributed by atoms with van der Waals surface area (Å²) < 4.78 is -1.10. The molecule has 0 bridgehead atoms. The Hall–Kier alpha value is -2.25. The van der Waals surface area contributed by atoms with Crippen molar-refractivity contribution >= 4 is 23.4 Å². The van der Waals surface area contributed by atoms with Crippen LogP contribution in [0, 0.1) is 11.3 Å². The predicted octanol–water partition coefficient (Wildman–Crippen LogP) is 3.24. The Morgan fingerprint density at radius 1 is 1.10 bits per heavy atom. The standard InChI is InChI=1S/C16H12N2OS/c17-11-16(10-12-6-2-1-3-7-12)15(19)18-13-8-4-5-9-14(13)20-16/h1-9H,10H2,(H,18,19). The molecule has 1 amide bonds. The molecule has 3 rings (SSSR count). The number of fused-ring (bicyclic) bond motifs is 1. The van der Waals surface area contributed by atoms with E-state index in [2.05, 4.69) is 11.4 Å². The Morgan fingerprint density at radius 3 is 2.55 bits per heavy atom. The third kappa shape index (κ3) is 2.17. The number of carbonyl (C=O) groups excluding carboxylic acids is 1. The maximum absolute atomic E-state index is 12.4. The van der Waals surface area contributed by atoms with Crippen molar-refractivity contribution < 1.29 is 4.79 Å².